The number of halogens is 3. The highest BCUT2D eigenvalue weighted by Crippen LogP contribution is 2.34. The van der Waals surface area contributed by atoms with Gasteiger partial charge < -0.3 is 5.43 Å². The van der Waals surface area contributed by atoms with Gasteiger partial charge in [-0.05, 0) is 47.9 Å². The molecule has 0 fully saturated rings. The van der Waals surface area contributed by atoms with E-state index in [2.05, 4.69) is 15.2 Å². The molecule has 3 aromatic rings. The second-order valence-corrected chi connectivity index (χ2v) is 10.9. The third kappa shape index (κ3) is 5.60. The van der Waals surface area contributed by atoms with Crippen LogP contribution in [0.1, 0.15) is 35.2 Å². The largest absolute Gasteiger partial charge is 0.302 e. The van der Waals surface area contributed by atoms with Gasteiger partial charge in [0.1, 0.15) is 0 Å². The third-order valence-corrected chi connectivity index (χ3v) is 7.98. The summed E-state index contributed by atoms with van der Waals surface area (Å²) in [6.07, 6.45) is 0.377. The summed E-state index contributed by atoms with van der Waals surface area (Å²) in [5.41, 5.74) is 4.91. The Morgan fingerprint density at radius 2 is 1.74 bits per heavy atom. The van der Waals surface area contributed by atoms with Gasteiger partial charge in [0.2, 0.25) is 10.0 Å². The van der Waals surface area contributed by atoms with Gasteiger partial charge in [0, 0.05) is 33.6 Å². The van der Waals surface area contributed by atoms with Gasteiger partial charge in [-0.15, -0.1) is 0 Å². The zero-order valence-corrected chi connectivity index (χ0v) is 21.3. The predicted molar refractivity (Wildman–Crippen MR) is 137 cm³/mol. The van der Waals surface area contributed by atoms with Crippen molar-refractivity contribution in [1.29, 1.82) is 0 Å². The van der Waals surface area contributed by atoms with E-state index in [1.165, 1.54) is 18.2 Å². The Kier molecular flexibility index (Phi) is 7.35. The van der Waals surface area contributed by atoms with Crippen molar-refractivity contribution in [1.82, 2.24) is 10.1 Å². The van der Waals surface area contributed by atoms with Crippen molar-refractivity contribution in [2.24, 2.45) is 5.10 Å². The fourth-order valence-corrected chi connectivity index (χ4v) is 5.90. The normalized spacial score (nSPS) is 16.5. The number of nitro groups is 1. The van der Waals surface area contributed by atoms with E-state index < -0.39 is 21.0 Å². The molecule has 2 N–H and O–H groups in total. The summed E-state index contributed by atoms with van der Waals surface area (Å²) in [6, 6.07) is 14.5. The Balaban J connectivity index is 1.72. The van der Waals surface area contributed by atoms with E-state index in [0.29, 0.717) is 33.3 Å². The molecule has 3 aromatic carbocycles. The van der Waals surface area contributed by atoms with Crippen LogP contribution in [0, 0.1) is 17.0 Å². The van der Waals surface area contributed by atoms with E-state index in [-0.39, 0.29) is 21.6 Å². The summed E-state index contributed by atoms with van der Waals surface area (Å²) >= 11 is 18.5. The van der Waals surface area contributed by atoms with Crippen LogP contribution in [0.4, 0.5) is 5.69 Å². The van der Waals surface area contributed by atoms with Gasteiger partial charge in [-0.1, -0.05) is 59.1 Å². The summed E-state index contributed by atoms with van der Waals surface area (Å²) in [5.74, 6) is 0. The van der Waals surface area contributed by atoms with E-state index in [1.54, 1.807) is 31.2 Å². The lowest BCUT2D eigenvalue weighted by atomic mass is 9.96. The van der Waals surface area contributed by atoms with Crippen molar-refractivity contribution in [3.05, 3.63) is 103 Å². The van der Waals surface area contributed by atoms with Crippen molar-refractivity contribution in [2.45, 2.75) is 30.3 Å². The average Bonchev–Trinajstić information content (AvgIpc) is 3.28. The molecule has 0 bridgehead atoms. The smallest absolute Gasteiger partial charge is 0.270 e. The van der Waals surface area contributed by atoms with Gasteiger partial charge in [0.25, 0.3) is 5.69 Å². The molecule has 8 nitrogen and oxygen atoms in total. The van der Waals surface area contributed by atoms with Crippen LogP contribution in [0.25, 0.3) is 0 Å². The van der Waals surface area contributed by atoms with Gasteiger partial charge >= 0.3 is 0 Å². The summed E-state index contributed by atoms with van der Waals surface area (Å²) < 4.78 is 29.5. The van der Waals surface area contributed by atoms with Gasteiger partial charge in [0.05, 0.1) is 27.6 Å². The Hall–Kier alpha value is -2.69. The number of sulfonamides is 1. The van der Waals surface area contributed by atoms with E-state index >= 15 is 0 Å². The molecule has 0 saturated carbocycles. The summed E-state index contributed by atoms with van der Waals surface area (Å²) in [4.78, 5) is 10.4. The first kappa shape index (κ1) is 25.4. The van der Waals surface area contributed by atoms with Crippen molar-refractivity contribution in [3.8, 4) is 0 Å². The van der Waals surface area contributed by atoms with Crippen LogP contribution in [-0.2, 0) is 10.0 Å². The second kappa shape index (κ2) is 10.1. The molecule has 1 unspecified atom stereocenters. The SMILES string of the molecule is Cc1ccc([N+](=O)[O-])cc1S(=O)(=O)N[C@@H](C1=NNC(c2ccc(Cl)cc2)C1)c1ccc(Cl)cc1Cl. The number of rotatable bonds is 7. The number of non-ortho nitro benzene ring substituents is 1. The number of nitro benzene ring substituents is 1. The third-order valence-electron chi connectivity index (χ3n) is 5.60. The molecule has 0 aliphatic carbocycles. The summed E-state index contributed by atoms with van der Waals surface area (Å²) in [5, 5.41) is 16.9. The van der Waals surface area contributed by atoms with Gasteiger partial charge in [-0.25, -0.2) is 8.42 Å². The summed E-state index contributed by atoms with van der Waals surface area (Å²) in [6.45, 7) is 1.56. The predicted octanol–water partition coefficient (Wildman–Crippen LogP) is 5.97. The van der Waals surface area contributed by atoms with Crippen LogP contribution in [0.5, 0.6) is 0 Å². The van der Waals surface area contributed by atoms with Crippen molar-refractivity contribution in [2.75, 3.05) is 0 Å². The molecule has 0 saturated heterocycles. The van der Waals surface area contributed by atoms with Gasteiger partial charge in [0.15, 0.2) is 0 Å². The maximum Gasteiger partial charge on any atom is 0.270 e. The number of hydrazone groups is 1. The summed E-state index contributed by atoms with van der Waals surface area (Å²) in [7, 11) is -4.22. The molecule has 2 atom stereocenters. The zero-order chi connectivity index (χ0) is 25.3. The molecule has 1 heterocycles. The van der Waals surface area contributed by atoms with Crippen LogP contribution in [0.2, 0.25) is 15.1 Å². The molecule has 4 rings (SSSR count). The minimum atomic E-state index is -4.22. The minimum Gasteiger partial charge on any atom is -0.302 e. The number of hydrogen-bond acceptors (Lipinski definition) is 6. The van der Waals surface area contributed by atoms with E-state index in [9.17, 15) is 18.5 Å². The number of nitrogens with zero attached hydrogens (tertiary/aromatic N) is 2. The Bertz CT molecular complexity index is 1430. The van der Waals surface area contributed by atoms with Crippen LogP contribution in [-0.4, -0.2) is 19.1 Å². The van der Waals surface area contributed by atoms with Crippen molar-refractivity contribution >= 4 is 56.2 Å². The highest BCUT2D eigenvalue weighted by Gasteiger charge is 2.33. The maximum atomic E-state index is 13.4. The standard InChI is InChI=1S/C23H19Cl3N4O4S/c1-13-2-8-17(30(31)32)11-22(13)35(33,34)29-23(18-9-7-16(25)10-19(18)26)21-12-20(27-28-21)14-3-5-15(24)6-4-14/h2-11,20,23,27,29H,12H2,1H3/t20?,23-/m1/s1. The number of aryl methyl sites for hydroxylation is 1. The number of benzene rings is 3. The van der Waals surface area contributed by atoms with Crippen LogP contribution < -0.4 is 10.1 Å². The molecule has 0 aromatic heterocycles. The number of hydrogen-bond donors (Lipinski definition) is 2. The Labute approximate surface area is 217 Å². The average molecular weight is 554 g/mol. The number of nitrogens with one attached hydrogen (secondary N) is 2. The minimum absolute atomic E-state index is 0.206. The molecule has 182 valence electrons. The first-order valence-corrected chi connectivity index (χ1v) is 13.0. The highest BCUT2D eigenvalue weighted by molar-refractivity contribution is 7.89. The van der Waals surface area contributed by atoms with Gasteiger partial charge in [-0.3, -0.25) is 10.1 Å². The fourth-order valence-electron chi connectivity index (χ4n) is 3.79. The van der Waals surface area contributed by atoms with Crippen LogP contribution >= 0.6 is 34.8 Å². The zero-order valence-electron chi connectivity index (χ0n) is 18.2. The highest BCUT2D eigenvalue weighted by atomic mass is 35.5. The van der Waals surface area contributed by atoms with Crippen molar-refractivity contribution < 1.29 is 13.3 Å². The molecule has 0 radical (unpaired) electrons. The molecule has 1 aliphatic heterocycles. The van der Waals surface area contributed by atoms with E-state index in [4.69, 9.17) is 34.8 Å². The molecule has 0 amide bonds. The molecular weight excluding hydrogens is 535 g/mol. The second-order valence-electron chi connectivity index (χ2n) is 7.97. The molecule has 12 heteroatoms. The van der Waals surface area contributed by atoms with Crippen LogP contribution in [0.15, 0.2) is 70.7 Å². The lowest BCUT2D eigenvalue weighted by Gasteiger charge is -2.21. The molecule has 1 aliphatic rings. The first-order valence-electron chi connectivity index (χ1n) is 10.3. The van der Waals surface area contributed by atoms with E-state index in [1.807, 2.05) is 12.1 Å². The van der Waals surface area contributed by atoms with Crippen molar-refractivity contribution in [3.63, 3.8) is 0 Å². The topological polar surface area (TPSA) is 114 Å². The lowest BCUT2D eigenvalue weighted by molar-refractivity contribution is -0.385. The molecule has 0 spiro atoms. The Morgan fingerprint density at radius 1 is 1.06 bits per heavy atom. The monoisotopic (exact) mass is 552 g/mol. The lowest BCUT2D eigenvalue weighted by Crippen LogP contribution is -2.34. The fraction of sp³-hybridized carbons (Fsp3) is 0.174. The molecular formula is C23H19Cl3N4O4S. The van der Waals surface area contributed by atoms with E-state index in [0.717, 1.165) is 11.6 Å². The van der Waals surface area contributed by atoms with Gasteiger partial charge in [-0.2, -0.15) is 9.82 Å². The van der Waals surface area contributed by atoms with Crippen LogP contribution in [0.3, 0.4) is 0 Å². The quantitative estimate of drug-likeness (QED) is 0.276. The molecule has 35 heavy (non-hydrogen) atoms. The Morgan fingerprint density at radius 3 is 2.40 bits per heavy atom. The maximum absolute atomic E-state index is 13.4. The first-order chi connectivity index (χ1) is 16.5.